The van der Waals surface area contributed by atoms with E-state index in [0.29, 0.717) is 56.9 Å². The molecule has 1 saturated heterocycles. The van der Waals surface area contributed by atoms with Gasteiger partial charge in [-0.2, -0.15) is 18.2 Å². The number of thioether (sulfide) groups is 1. The van der Waals surface area contributed by atoms with Crippen molar-refractivity contribution in [3.05, 3.63) is 80.2 Å². The predicted molar refractivity (Wildman–Crippen MR) is 186 cm³/mol. The van der Waals surface area contributed by atoms with Gasteiger partial charge in [0.25, 0.3) is 0 Å². The molecule has 5 rings (SSSR count). The number of hydrogen-bond acceptors (Lipinski definition) is 8. The molecule has 0 radical (unpaired) electrons. The lowest BCUT2D eigenvalue weighted by Gasteiger charge is -2.37. The number of benzene rings is 1. The van der Waals surface area contributed by atoms with Crippen molar-refractivity contribution in [2.24, 2.45) is 5.92 Å². The fourth-order valence-corrected chi connectivity index (χ4v) is 7.47. The lowest BCUT2D eigenvalue weighted by molar-refractivity contribution is -0.137. The van der Waals surface area contributed by atoms with Crippen LogP contribution in [0, 0.1) is 5.92 Å². The number of thiophene rings is 1. The molecule has 0 bridgehead atoms. The molecule has 1 aliphatic heterocycles. The van der Waals surface area contributed by atoms with E-state index in [0.717, 1.165) is 0 Å². The molecule has 0 amide bonds. The molecule has 8 nitrogen and oxygen atoms in total. The van der Waals surface area contributed by atoms with Crippen LogP contribution in [-0.4, -0.2) is 50.4 Å². The molecule has 250 valence electrons. The average molecular weight is 697 g/mol. The van der Waals surface area contributed by atoms with Gasteiger partial charge in [-0.05, 0) is 51.8 Å². The molecule has 4 heterocycles. The molecule has 46 heavy (non-hydrogen) atoms. The minimum absolute atomic E-state index is 0.0818. The molecule has 2 N–H and O–H groups in total. The first-order chi connectivity index (χ1) is 21.7. The fourth-order valence-electron chi connectivity index (χ4n) is 5.04. The highest BCUT2D eigenvalue weighted by molar-refractivity contribution is 7.99. The summed E-state index contributed by atoms with van der Waals surface area (Å²) in [5.41, 5.74) is -0.911. The Morgan fingerprint density at radius 2 is 1.87 bits per heavy atom. The first kappa shape index (κ1) is 37.3. The van der Waals surface area contributed by atoms with Crippen molar-refractivity contribution in [3.63, 3.8) is 0 Å². The number of aromatic nitrogens is 4. The summed E-state index contributed by atoms with van der Waals surface area (Å²) >= 11 is 8.69. The van der Waals surface area contributed by atoms with Crippen LogP contribution in [0.3, 0.4) is 0 Å². The van der Waals surface area contributed by atoms with Gasteiger partial charge in [-0.1, -0.05) is 31.5 Å². The van der Waals surface area contributed by atoms with Crippen LogP contribution < -0.4 is 21.6 Å². The van der Waals surface area contributed by atoms with Crippen LogP contribution in [0.1, 0.15) is 47.1 Å². The molecular formula is C32H40ClF3N6O2S2. The molecule has 2 unspecified atom stereocenters. The number of aryl methyl sites for hydroxylation is 1. The van der Waals surface area contributed by atoms with Crippen molar-refractivity contribution in [2.45, 2.75) is 71.2 Å². The second-order valence-corrected chi connectivity index (χ2v) is 13.6. The van der Waals surface area contributed by atoms with Gasteiger partial charge in [-0.25, -0.2) is 14.6 Å². The topological polar surface area (TPSA) is 95.9 Å². The summed E-state index contributed by atoms with van der Waals surface area (Å²) in [5, 5.41) is 5.79. The molecule has 1 fully saturated rings. The summed E-state index contributed by atoms with van der Waals surface area (Å²) in [5.74, 6) is 1.14. The number of allylic oxidation sites excluding steroid dienone is 1. The number of hydrogen-bond donors (Lipinski definition) is 2. The number of fused-ring (bicyclic) bond motifs is 1. The lowest BCUT2D eigenvalue weighted by atomic mass is 10.0. The maximum Gasteiger partial charge on any atom is 0.417 e. The Hall–Kier alpha value is -3.13. The van der Waals surface area contributed by atoms with Crippen LogP contribution >= 0.6 is 34.7 Å². The van der Waals surface area contributed by atoms with E-state index in [1.54, 1.807) is 23.6 Å². The molecule has 1 aliphatic rings. The second kappa shape index (κ2) is 16.6. The van der Waals surface area contributed by atoms with Gasteiger partial charge in [0.05, 0.1) is 16.1 Å². The third kappa shape index (κ3) is 9.46. The molecular weight excluding hydrogens is 657 g/mol. The molecule has 0 saturated carbocycles. The Bertz CT molecular complexity index is 1710. The van der Waals surface area contributed by atoms with Crippen LogP contribution in [0.2, 0.25) is 5.02 Å². The van der Waals surface area contributed by atoms with E-state index in [1.165, 1.54) is 46.1 Å². The standard InChI is InChI=1S/C25H30ClF3N4OS2.C4H4N2O.C3H6/c1-6-33-21-17(23(31-24(33)34)32-9-14(4)30-15(5)10-32)8-18(25(27,28)29)20(19-7-16(26)12-35-19)22(21)36-11-13(2)3;7-4-5-2-1-3-6-4;1-3-2/h7-8,12-15,30H,6,9-11H2,1-5H3;1-3H,(H,5,6,7);3H,1H2,2H3. The highest BCUT2D eigenvalue weighted by Crippen LogP contribution is 2.49. The van der Waals surface area contributed by atoms with Crippen LogP contribution in [-0.2, 0) is 12.7 Å². The van der Waals surface area contributed by atoms with Crippen LogP contribution in [0.5, 0.6) is 0 Å². The normalized spacial score (nSPS) is 16.5. The largest absolute Gasteiger partial charge is 0.417 e. The molecule has 4 aromatic rings. The van der Waals surface area contributed by atoms with E-state index >= 15 is 0 Å². The molecule has 0 aliphatic carbocycles. The summed E-state index contributed by atoms with van der Waals surface area (Å²) in [6, 6.07) is 4.61. The van der Waals surface area contributed by atoms with E-state index in [2.05, 4.69) is 26.8 Å². The Balaban J connectivity index is 0.000000495. The number of rotatable bonds is 6. The Labute approximate surface area is 280 Å². The zero-order valence-electron chi connectivity index (χ0n) is 26.7. The fraction of sp³-hybridized carbons (Fsp3) is 0.438. The summed E-state index contributed by atoms with van der Waals surface area (Å²) in [7, 11) is 0. The SMILES string of the molecule is C=CC.CCn1c(=O)nc(N2CC(C)NC(C)C2)c2cc(C(F)(F)F)c(-c3cc(Cl)cs3)c(SCC(C)C)c21.O=c1nccc[nH]1. The number of aromatic amines is 1. The van der Waals surface area contributed by atoms with Gasteiger partial charge >= 0.3 is 17.6 Å². The monoisotopic (exact) mass is 696 g/mol. The van der Waals surface area contributed by atoms with E-state index in [1.807, 2.05) is 46.4 Å². The summed E-state index contributed by atoms with van der Waals surface area (Å²) in [6.45, 7) is 16.5. The van der Waals surface area contributed by atoms with Crippen molar-refractivity contribution < 1.29 is 13.2 Å². The number of piperazine rings is 1. The lowest BCUT2D eigenvalue weighted by Crippen LogP contribution is -2.55. The van der Waals surface area contributed by atoms with Gasteiger partial charge < -0.3 is 15.2 Å². The van der Waals surface area contributed by atoms with Gasteiger partial charge in [-0.3, -0.25) is 4.57 Å². The van der Waals surface area contributed by atoms with Crippen LogP contribution in [0.4, 0.5) is 19.0 Å². The molecule has 1 aromatic carbocycles. The first-order valence-corrected chi connectivity index (χ1v) is 17.1. The number of nitrogens with zero attached hydrogens (tertiary/aromatic N) is 4. The van der Waals surface area contributed by atoms with Crippen molar-refractivity contribution in [1.82, 2.24) is 24.8 Å². The number of anilines is 1. The van der Waals surface area contributed by atoms with E-state index < -0.39 is 17.4 Å². The summed E-state index contributed by atoms with van der Waals surface area (Å²) in [6.07, 6.45) is 0.121. The highest BCUT2D eigenvalue weighted by atomic mass is 35.5. The number of H-pyrrole nitrogens is 1. The minimum Gasteiger partial charge on any atom is -0.353 e. The Morgan fingerprint density at radius 3 is 2.33 bits per heavy atom. The zero-order chi connectivity index (χ0) is 34.2. The molecule has 14 heteroatoms. The number of nitrogens with one attached hydrogen (secondary N) is 2. The van der Waals surface area contributed by atoms with Gasteiger partial charge in [0, 0.05) is 76.0 Å². The predicted octanol–water partition coefficient (Wildman–Crippen LogP) is 7.71. The van der Waals surface area contributed by atoms with E-state index in [4.69, 9.17) is 11.6 Å². The Kier molecular flexibility index (Phi) is 13.5. The highest BCUT2D eigenvalue weighted by Gasteiger charge is 2.38. The molecule has 0 spiro atoms. The van der Waals surface area contributed by atoms with Crippen LogP contribution in [0.15, 0.2) is 63.1 Å². The quantitative estimate of drug-likeness (QED) is 0.158. The zero-order valence-corrected chi connectivity index (χ0v) is 29.1. The maximum atomic E-state index is 14.7. The molecule has 2 atom stereocenters. The first-order valence-electron chi connectivity index (χ1n) is 14.8. The van der Waals surface area contributed by atoms with Crippen molar-refractivity contribution in [2.75, 3.05) is 23.7 Å². The summed E-state index contributed by atoms with van der Waals surface area (Å²) in [4.78, 5) is 36.3. The van der Waals surface area contributed by atoms with Crippen molar-refractivity contribution >= 4 is 51.4 Å². The molecule has 3 aromatic heterocycles. The average Bonchev–Trinajstić information content (AvgIpc) is 3.41. The smallest absolute Gasteiger partial charge is 0.353 e. The summed E-state index contributed by atoms with van der Waals surface area (Å²) < 4.78 is 45.5. The van der Waals surface area contributed by atoms with Crippen molar-refractivity contribution in [3.8, 4) is 10.4 Å². The van der Waals surface area contributed by atoms with Crippen LogP contribution in [0.25, 0.3) is 21.3 Å². The van der Waals surface area contributed by atoms with Gasteiger partial charge in [0.1, 0.15) is 5.82 Å². The van der Waals surface area contributed by atoms with Gasteiger partial charge in [0.15, 0.2) is 0 Å². The number of halogens is 4. The minimum atomic E-state index is -4.61. The Morgan fingerprint density at radius 1 is 1.22 bits per heavy atom. The van der Waals surface area contributed by atoms with E-state index in [-0.39, 0.29) is 29.3 Å². The van der Waals surface area contributed by atoms with Gasteiger partial charge in [0.2, 0.25) is 0 Å². The van der Waals surface area contributed by atoms with Crippen molar-refractivity contribution in [1.29, 1.82) is 0 Å². The second-order valence-electron chi connectivity index (χ2n) is 11.2. The third-order valence-electron chi connectivity index (χ3n) is 6.63. The van der Waals surface area contributed by atoms with Gasteiger partial charge in [-0.15, -0.1) is 29.7 Å². The maximum absolute atomic E-state index is 14.7. The third-order valence-corrected chi connectivity index (χ3v) is 9.45. The number of alkyl halides is 3. The van der Waals surface area contributed by atoms with E-state index in [9.17, 15) is 22.8 Å².